The zero-order chi connectivity index (χ0) is 21.5. The van der Waals surface area contributed by atoms with Gasteiger partial charge in [0, 0.05) is 10.0 Å². The van der Waals surface area contributed by atoms with Crippen LogP contribution in [0.2, 0.25) is 10.0 Å². The Labute approximate surface area is 181 Å². The molecule has 0 spiro atoms. The summed E-state index contributed by atoms with van der Waals surface area (Å²) in [6.07, 6.45) is 0. The van der Waals surface area contributed by atoms with E-state index in [1.165, 1.54) is 0 Å². The average molecular weight is 452 g/mol. The van der Waals surface area contributed by atoms with E-state index in [4.69, 9.17) is 23.2 Å². The molecule has 3 aromatic rings. The van der Waals surface area contributed by atoms with Crippen molar-refractivity contribution in [3.63, 3.8) is 0 Å². The molecule has 1 heterocycles. The van der Waals surface area contributed by atoms with Gasteiger partial charge in [-0.3, -0.25) is 9.40 Å². The Morgan fingerprint density at radius 1 is 1.00 bits per heavy atom. The number of sulfonamides is 1. The number of aromatic nitrogens is 2. The van der Waals surface area contributed by atoms with E-state index in [2.05, 4.69) is 9.82 Å². The van der Waals surface area contributed by atoms with Crippen molar-refractivity contribution in [2.24, 2.45) is 0 Å². The van der Waals surface area contributed by atoms with E-state index in [1.807, 2.05) is 32.0 Å². The Hall–Kier alpha value is -2.02. The number of benzene rings is 2. The summed E-state index contributed by atoms with van der Waals surface area (Å²) in [6, 6.07) is 9.02. The molecule has 0 aliphatic rings. The van der Waals surface area contributed by atoms with Crippen LogP contribution < -0.4 is 4.72 Å². The molecule has 1 aromatic heterocycles. The van der Waals surface area contributed by atoms with Crippen molar-refractivity contribution < 1.29 is 8.42 Å². The molecule has 0 unspecified atom stereocenters. The molecular formula is C21H23Cl2N3O2S. The van der Waals surface area contributed by atoms with Crippen LogP contribution in [0.5, 0.6) is 0 Å². The van der Waals surface area contributed by atoms with Crippen molar-refractivity contribution in [3.05, 3.63) is 74.0 Å². The second kappa shape index (κ2) is 8.01. The quantitative estimate of drug-likeness (QED) is 0.550. The number of halogens is 2. The first-order chi connectivity index (χ1) is 13.5. The maximum atomic E-state index is 13.1. The van der Waals surface area contributed by atoms with E-state index < -0.39 is 10.0 Å². The fourth-order valence-electron chi connectivity index (χ4n) is 3.59. The zero-order valence-electron chi connectivity index (χ0n) is 17.0. The summed E-state index contributed by atoms with van der Waals surface area (Å²) in [5.74, 6) is 0. The Balaban J connectivity index is 1.97. The number of hydrogen-bond donors (Lipinski definition) is 1. The van der Waals surface area contributed by atoms with Gasteiger partial charge < -0.3 is 0 Å². The van der Waals surface area contributed by atoms with E-state index >= 15 is 0 Å². The summed E-state index contributed by atoms with van der Waals surface area (Å²) >= 11 is 12.2. The predicted octanol–water partition coefficient (Wildman–Crippen LogP) is 5.58. The van der Waals surface area contributed by atoms with Gasteiger partial charge in [-0.05, 0) is 63.4 Å². The molecule has 0 amide bonds. The molecule has 0 atom stereocenters. The maximum absolute atomic E-state index is 13.1. The van der Waals surface area contributed by atoms with Gasteiger partial charge >= 0.3 is 0 Å². The first kappa shape index (κ1) is 21.7. The van der Waals surface area contributed by atoms with Crippen LogP contribution in [0.15, 0.2) is 35.2 Å². The van der Waals surface area contributed by atoms with E-state index in [-0.39, 0.29) is 0 Å². The number of anilines is 1. The van der Waals surface area contributed by atoms with Crippen molar-refractivity contribution in [2.45, 2.75) is 46.1 Å². The normalized spacial score (nSPS) is 11.7. The summed E-state index contributed by atoms with van der Waals surface area (Å²) in [5, 5.41) is 5.60. The lowest BCUT2D eigenvalue weighted by molar-refractivity contribution is 0.600. The van der Waals surface area contributed by atoms with Gasteiger partial charge in [-0.2, -0.15) is 5.10 Å². The Bertz CT molecular complexity index is 1180. The first-order valence-electron chi connectivity index (χ1n) is 9.08. The third kappa shape index (κ3) is 4.44. The molecule has 0 radical (unpaired) electrons. The molecule has 0 saturated heterocycles. The molecule has 3 rings (SSSR count). The van der Waals surface area contributed by atoms with Crippen LogP contribution in [-0.4, -0.2) is 18.2 Å². The number of aryl methyl sites for hydroxylation is 4. The molecule has 154 valence electrons. The maximum Gasteiger partial charge on any atom is 0.262 e. The fraction of sp³-hybridized carbons (Fsp3) is 0.286. The van der Waals surface area contributed by atoms with Crippen LogP contribution >= 0.6 is 23.2 Å². The molecule has 29 heavy (non-hydrogen) atoms. The molecule has 8 heteroatoms. The van der Waals surface area contributed by atoms with E-state index in [0.29, 0.717) is 49.7 Å². The van der Waals surface area contributed by atoms with Gasteiger partial charge in [-0.25, -0.2) is 8.42 Å². The van der Waals surface area contributed by atoms with Gasteiger partial charge in [0.25, 0.3) is 10.0 Å². The molecule has 5 nitrogen and oxygen atoms in total. The molecule has 0 aliphatic carbocycles. The summed E-state index contributed by atoms with van der Waals surface area (Å²) in [4.78, 5) is 0.301. The van der Waals surface area contributed by atoms with Crippen molar-refractivity contribution in [1.82, 2.24) is 9.78 Å². The van der Waals surface area contributed by atoms with Gasteiger partial charge in [0.1, 0.15) is 0 Å². The average Bonchev–Trinajstić information content (AvgIpc) is 2.83. The van der Waals surface area contributed by atoms with E-state index in [9.17, 15) is 8.42 Å². The second-order valence-electron chi connectivity index (χ2n) is 7.27. The minimum absolute atomic E-state index is 0.301. The van der Waals surface area contributed by atoms with Crippen LogP contribution in [0.25, 0.3) is 0 Å². The summed E-state index contributed by atoms with van der Waals surface area (Å²) < 4.78 is 30.7. The van der Waals surface area contributed by atoms with Crippen LogP contribution in [0.3, 0.4) is 0 Å². The van der Waals surface area contributed by atoms with Crippen LogP contribution in [0.1, 0.15) is 33.6 Å². The van der Waals surface area contributed by atoms with Crippen molar-refractivity contribution >= 4 is 38.9 Å². The third-order valence-corrected chi connectivity index (χ3v) is 7.07. The van der Waals surface area contributed by atoms with Gasteiger partial charge in [0.15, 0.2) is 0 Å². The summed E-state index contributed by atoms with van der Waals surface area (Å²) in [7, 11) is -3.76. The lowest BCUT2D eigenvalue weighted by atomic mass is 10.1. The molecule has 0 aliphatic heterocycles. The molecule has 2 aromatic carbocycles. The molecule has 0 bridgehead atoms. The Morgan fingerprint density at radius 2 is 1.62 bits per heavy atom. The number of nitrogens with one attached hydrogen (secondary N) is 1. The smallest absolute Gasteiger partial charge is 0.262 e. The highest BCUT2D eigenvalue weighted by Crippen LogP contribution is 2.29. The largest absolute Gasteiger partial charge is 0.276 e. The van der Waals surface area contributed by atoms with Crippen molar-refractivity contribution in [2.75, 3.05) is 4.72 Å². The predicted molar refractivity (Wildman–Crippen MR) is 119 cm³/mol. The van der Waals surface area contributed by atoms with E-state index in [0.717, 1.165) is 11.1 Å². The SMILES string of the molecule is Cc1cc(C)c(S(=O)(=O)Nc2c(C)nn(Cc3ccc(Cl)cc3Cl)c2C)c(C)c1. The molecule has 0 saturated carbocycles. The topological polar surface area (TPSA) is 64.0 Å². The minimum atomic E-state index is -3.76. The molecular weight excluding hydrogens is 429 g/mol. The number of hydrogen-bond acceptors (Lipinski definition) is 3. The monoisotopic (exact) mass is 451 g/mol. The highest BCUT2D eigenvalue weighted by molar-refractivity contribution is 7.92. The number of nitrogens with zero attached hydrogens (tertiary/aromatic N) is 2. The van der Waals surface area contributed by atoms with Gasteiger partial charge in [-0.1, -0.05) is 47.0 Å². The fourth-order valence-corrected chi connectivity index (χ4v) is 5.69. The highest BCUT2D eigenvalue weighted by Gasteiger charge is 2.23. The van der Waals surface area contributed by atoms with Gasteiger partial charge in [0.2, 0.25) is 0 Å². The standard InChI is InChI=1S/C21H23Cl2N3O2S/c1-12-8-13(2)21(14(3)9-12)29(27,28)25-20-15(4)24-26(16(20)5)11-17-6-7-18(22)10-19(17)23/h6-10,25H,11H2,1-5H3. The second-order valence-corrected chi connectivity index (χ2v) is 9.74. The summed E-state index contributed by atoms with van der Waals surface area (Å²) in [6.45, 7) is 9.58. The van der Waals surface area contributed by atoms with Gasteiger partial charge in [0.05, 0.1) is 28.5 Å². The number of rotatable bonds is 5. The van der Waals surface area contributed by atoms with Crippen molar-refractivity contribution in [1.29, 1.82) is 0 Å². The zero-order valence-corrected chi connectivity index (χ0v) is 19.3. The lowest BCUT2D eigenvalue weighted by Gasteiger charge is -2.14. The Kier molecular flexibility index (Phi) is 5.99. The highest BCUT2D eigenvalue weighted by atomic mass is 35.5. The Morgan fingerprint density at radius 3 is 2.21 bits per heavy atom. The van der Waals surface area contributed by atoms with Crippen LogP contribution in [-0.2, 0) is 16.6 Å². The molecule has 1 N–H and O–H groups in total. The van der Waals surface area contributed by atoms with Gasteiger partial charge in [-0.15, -0.1) is 0 Å². The van der Waals surface area contributed by atoms with Crippen molar-refractivity contribution in [3.8, 4) is 0 Å². The third-order valence-electron chi connectivity index (χ3n) is 4.83. The minimum Gasteiger partial charge on any atom is -0.276 e. The molecule has 0 fully saturated rings. The first-order valence-corrected chi connectivity index (χ1v) is 11.3. The lowest BCUT2D eigenvalue weighted by Crippen LogP contribution is -2.17. The van der Waals surface area contributed by atoms with E-state index in [1.54, 1.807) is 37.6 Å². The summed E-state index contributed by atoms with van der Waals surface area (Å²) in [5.41, 5.74) is 5.09. The van der Waals surface area contributed by atoms with Crippen LogP contribution in [0, 0.1) is 34.6 Å². The van der Waals surface area contributed by atoms with Crippen LogP contribution in [0.4, 0.5) is 5.69 Å².